The molecule has 0 radical (unpaired) electrons. The summed E-state index contributed by atoms with van der Waals surface area (Å²) in [5.41, 5.74) is 2.74. The van der Waals surface area contributed by atoms with Gasteiger partial charge in [0.05, 0.1) is 6.61 Å². The Kier molecular flexibility index (Phi) is 4.27. The predicted octanol–water partition coefficient (Wildman–Crippen LogP) is 2.76. The van der Waals surface area contributed by atoms with Crippen LogP contribution >= 0.6 is 0 Å². The Morgan fingerprint density at radius 1 is 1.40 bits per heavy atom. The van der Waals surface area contributed by atoms with E-state index in [0.29, 0.717) is 6.04 Å². The molecule has 0 bridgehead atoms. The van der Waals surface area contributed by atoms with Crippen LogP contribution in [0.5, 0.6) is 5.75 Å². The summed E-state index contributed by atoms with van der Waals surface area (Å²) in [7, 11) is 0. The summed E-state index contributed by atoms with van der Waals surface area (Å²) < 4.78 is 5.57. The number of ether oxygens (including phenoxy) is 1. The first-order valence-corrected chi connectivity index (χ1v) is 8.01. The largest absolute Gasteiger partial charge is 0.493 e. The van der Waals surface area contributed by atoms with Crippen LogP contribution in [0.4, 0.5) is 0 Å². The lowest BCUT2D eigenvalue weighted by atomic mass is 10.0. The van der Waals surface area contributed by atoms with E-state index < -0.39 is 0 Å². The fourth-order valence-electron chi connectivity index (χ4n) is 3.06. The van der Waals surface area contributed by atoms with Crippen molar-refractivity contribution in [3.05, 3.63) is 29.3 Å². The van der Waals surface area contributed by atoms with Gasteiger partial charge < -0.3 is 10.1 Å². The molecule has 0 amide bonds. The van der Waals surface area contributed by atoms with Gasteiger partial charge >= 0.3 is 0 Å². The molecule has 1 aliphatic carbocycles. The first kappa shape index (κ1) is 13.9. The Hall–Kier alpha value is -1.06. The number of rotatable bonds is 7. The van der Waals surface area contributed by atoms with Crippen LogP contribution < -0.4 is 10.1 Å². The van der Waals surface area contributed by atoms with Crippen LogP contribution in [-0.2, 0) is 6.42 Å². The first-order valence-electron chi connectivity index (χ1n) is 8.01. The number of benzene rings is 1. The zero-order valence-corrected chi connectivity index (χ0v) is 12.7. The first-order chi connectivity index (χ1) is 9.78. The molecule has 1 aromatic rings. The maximum Gasteiger partial charge on any atom is 0.122 e. The number of likely N-dealkylation sites (N-methyl/N-ethyl adjacent to an activating group) is 1. The highest BCUT2D eigenvalue weighted by atomic mass is 16.5. The number of fused-ring (bicyclic) bond motifs is 1. The van der Waals surface area contributed by atoms with E-state index in [2.05, 4.69) is 42.3 Å². The van der Waals surface area contributed by atoms with Crippen LogP contribution in [0.1, 0.15) is 43.9 Å². The minimum absolute atomic E-state index is 0.416. The van der Waals surface area contributed by atoms with Gasteiger partial charge in [0.15, 0.2) is 0 Å². The third-order valence-corrected chi connectivity index (χ3v) is 4.53. The zero-order valence-electron chi connectivity index (χ0n) is 12.7. The Bertz CT molecular complexity index is 456. The SMILES string of the molecule is CCN(CCNC(C)c1ccc2c(c1)CCO2)C1CC1. The third-order valence-electron chi connectivity index (χ3n) is 4.53. The molecule has 2 aliphatic rings. The van der Waals surface area contributed by atoms with Crippen LogP contribution in [0.15, 0.2) is 18.2 Å². The van der Waals surface area contributed by atoms with Crippen LogP contribution in [-0.4, -0.2) is 37.2 Å². The molecule has 3 heteroatoms. The lowest BCUT2D eigenvalue weighted by molar-refractivity contribution is 0.273. The second kappa shape index (κ2) is 6.15. The molecular formula is C17H26N2O. The average Bonchev–Trinajstić information content (AvgIpc) is 3.19. The van der Waals surface area contributed by atoms with E-state index in [9.17, 15) is 0 Å². The van der Waals surface area contributed by atoms with E-state index in [0.717, 1.165) is 31.4 Å². The van der Waals surface area contributed by atoms with Crippen molar-refractivity contribution >= 4 is 0 Å². The fourth-order valence-corrected chi connectivity index (χ4v) is 3.06. The summed E-state index contributed by atoms with van der Waals surface area (Å²) in [6, 6.07) is 7.91. The molecule has 1 fully saturated rings. The summed E-state index contributed by atoms with van der Waals surface area (Å²) in [6.45, 7) is 8.77. The molecule has 0 spiro atoms. The number of hydrogen-bond acceptors (Lipinski definition) is 3. The number of nitrogens with one attached hydrogen (secondary N) is 1. The van der Waals surface area contributed by atoms with Crippen molar-refractivity contribution in [2.24, 2.45) is 0 Å². The van der Waals surface area contributed by atoms with E-state index >= 15 is 0 Å². The Morgan fingerprint density at radius 3 is 3.00 bits per heavy atom. The quantitative estimate of drug-likeness (QED) is 0.827. The topological polar surface area (TPSA) is 24.5 Å². The molecule has 110 valence electrons. The van der Waals surface area contributed by atoms with Gasteiger partial charge in [-0.15, -0.1) is 0 Å². The minimum Gasteiger partial charge on any atom is -0.493 e. The molecule has 1 saturated carbocycles. The summed E-state index contributed by atoms with van der Waals surface area (Å²) in [4.78, 5) is 2.59. The molecule has 1 heterocycles. The Morgan fingerprint density at radius 2 is 2.25 bits per heavy atom. The minimum atomic E-state index is 0.416. The van der Waals surface area contributed by atoms with Crippen molar-refractivity contribution in [2.45, 2.75) is 45.2 Å². The molecule has 1 atom stereocenters. The van der Waals surface area contributed by atoms with Gasteiger partial charge in [-0.3, -0.25) is 4.90 Å². The summed E-state index contributed by atoms with van der Waals surface area (Å²) in [5, 5.41) is 3.66. The molecule has 3 nitrogen and oxygen atoms in total. The van der Waals surface area contributed by atoms with Crippen molar-refractivity contribution in [3.8, 4) is 5.75 Å². The molecule has 1 N–H and O–H groups in total. The van der Waals surface area contributed by atoms with Crippen molar-refractivity contribution in [2.75, 3.05) is 26.2 Å². The summed E-state index contributed by atoms with van der Waals surface area (Å²) in [6.07, 6.45) is 3.85. The number of hydrogen-bond donors (Lipinski definition) is 1. The Balaban J connectivity index is 1.50. The van der Waals surface area contributed by atoms with E-state index in [-0.39, 0.29) is 0 Å². The monoisotopic (exact) mass is 274 g/mol. The second-order valence-corrected chi connectivity index (χ2v) is 6.00. The highest BCUT2D eigenvalue weighted by Gasteiger charge is 2.27. The highest BCUT2D eigenvalue weighted by Crippen LogP contribution is 2.28. The van der Waals surface area contributed by atoms with Crippen molar-refractivity contribution in [3.63, 3.8) is 0 Å². The predicted molar refractivity (Wildman–Crippen MR) is 82.3 cm³/mol. The van der Waals surface area contributed by atoms with Crippen molar-refractivity contribution in [1.29, 1.82) is 0 Å². The average molecular weight is 274 g/mol. The van der Waals surface area contributed by atoms with Gasteiger partial charge in [0.1, 0.15) is 5.75 Å². The molecule has 1 unspecified atom stereocenters. The molecule has 0 aromatic heterocycles. The van der Waals surface area contributed by atoms with Crippen molar-refractivity contribution in [1.82, 2.24) is 10.2 Å². The van der Waals surface area contributed by atoms with Gasteiger partial charge in [-0.1, -0.05) is 19.1 Å². The van der Waals surface area contributed by atoms with E-state index in [1.165, 1.54) is 37.1 Å². The maximum atomic E-state index is 5.57. The Labute approximate surface area is 122 Å². The lowest BCUT2D eigenvalue weighted by Gasteiger charge is -2.22. The standard InChI is InChI=1S/C17H26N2O/c1-3-19(16-5-6-16)10-9-18-13(2)14-4-7-17-15(12-14)8-11-20-17/h4,7,12-13,16,18H,3,5-6,8-11H2,1-2H3. The highest BCUT2D eigenvalue weighted by molar-refractivity contribution is 5.40. The molecule has 20 heavy (non-hydrogen) atoms. The molecule has 1 aromatic carbocycles. The van der Waals surface area contributed by atoms with Gasteiger partial charge in [-0.05, 0) is 43.5 Å². The van der Waals surface area contributed by atoms with Gasteiger partial charge in [-0.25, -0.2) is 0 Å². The van der Waals surface area contributed by atoms with E-state index in [1.54, 1.807) is 0 Å². The molecular weight excluding hydrogens is 248 g/mol. The van der Waals surface area contributed by atoms with Gasteiger partial charge in [-0.2, -0.15) is 0 Å². The zero-order chi connectivity index (χ0) is 13.9. The maximum absolute atomic E-state index is 5.57. The second-order valence-electron chi connectivity index (χ2n) is 6.00. The van der Waals surface area contributed by atoms with E-state index in [4.69, 9.17) is 4.74 Å². The van der Waals surface area contributed by atoms with Gasteiger partial charge in [0.25, 0.3) is 0 Å². The fraction of sp³-hybridized carbons (Fsp3) is 0.647. The lowest BCUT2D eigenvalue weighted by Crippen LogP contribution is -2.34. The summed E-state index contributed by atoms with van der Waals surface area (Å²) >= 11 is 0. The molecule has 3 rings (SSSR count). The number of nitrogens with zero attached hydrogens (tertiary/aromatic N) is 1. The molecule has 0 saturated heterocycles. The van der Waals surface area contributed by atoms with Crippen LogP contribution in [0.3, 0.4) is 0 Å². The third kappa shape index (κ3) is 3.15. The van der Waals surface area contributed by atoms with Crippen LogP contribution in [0.25, 0.3) is 0 Å². The van der Waals surface area contributed by atoms with Gasteiger partial charge in [0, 0.05) is 31.6 Å². The van der Waals surface area contributed by atoms with Crippen LogP contribution in [0.2, 0.25) is 0 Å². The molecule has 1 aliphatic heterocycles. The van der Waals surface area contributed by atoms with E-state index in [1.807, 2.05) is 0 Å². The summed E-state index contributed by atoms with van der Waals surface area (Å²) in [5.74, 6) is 1.08. The normalized spacial score (nSPS) is 18.9. The van der Waals surface area contributed by atoms with Crippen LogP contribution in [0, 0.1) is 0 Å². The smallest absolute Gasteiger partial charge is 0.122 e. The van der Waals surface area contributed by atoms with Crippen molar-refractivity contribution < 1.29 is 4.74 Å². The van der Waals surface area contributed by atoms with Gasteiger partial charge in [0.2, 0.25) is 0 Å².